The zero-order chi connectivity index (χ0) is 9.97. The van der Waals surface area contributed by atoms with E-state index in [1.54, 1.807) is 0 Å². The summed E-state index contributed by atoms with van der Waals surface area (Å²) < 4.78 is 17.6. The van der Waals surface area contributed by atoms with Gasteiger partial charge in [0.25, 0.3) is 0 Å². The lowest BCUT2D eigenvalue weighted by molar-refractivity contribution is 0.267. The van der Waals surface area contributed by atoms with E-state index in [1.165, 1.54) is 18.3 Å². The molecule has 2 rings (SSSR count). The average Bonchev–Trinajstić information content (AvgIpc) is 2.66. The second-order valence-electron chi connectivity index (χ2n) is 2.73. The molecule has 0 bridgehead atoms. The van der Waals surface area contributed by atoms with E-state index in [2.05, 4.69) is 10.1 Å². The van der Waals surface area contributed by atoms with Crippen molar-refractivity contribution >= 4 is 0 Å². The van der Waals surface area contributed by atoms with Gasteiger partial charge in [0.2, 0.25) is 0 Å². The standard InChI is InChI=1S/C9H7FN2O2/c10-7-1-6(3-11-4-7)9-2-8(5-13)12-14-9/h1-4,13H,5H2. The van der Waals surface area contributed by atoms with Gasteiger partial charge >= 0.3 is 0 Å². The number of nitrogens with zero attached hydrogens (tertiary/aromatic N) is 2. The van der Waals surface area contributed by atoms with E-state index in [4.69, 9.17) is 9.63 Å². The van der Waals surface area contributed by atoms with Crippen LogP contribution in [0.1, 0.15) is 5.69 Å². The summed E-state index contributed by atoms with van der Waals surface area (Å²) in [7, 11) is 0. The minimum absolute atomic E-state index is 0.202. The van der Waals surface area contributed by atoms with E-state index in [0.717, 1.165) is 6.20 Å². The Hall–Kier alpha value is -1.75. The molecule has 2 heterocycles. The molecule has 0 spiro atoms. The molecule has 0 aliphatic heterocycles. The molecule has 0 aliphatic rings. The van der Waals surface area contributed by atoms with Crippen molar-refractivity contribution in [3.63, 3.8) is 0 Å². The van der Waals surface area contributed by atoms with Crippen LogP contribution in [0.5, 0.6) is 0 Å². The van der Waals surface area contributed by atoms with Crippen LogP contribution in [0.4, 0.5) is 4.39 Å². The Morgan fingerprint density at radius 2 is 2.21 bits per heavy atom. The number of aromatic nitrogens is 2. The van der Waals surface area contributed by atoms with Gasteiger partial charge in [0.15, 0.2) is 5.76 Å². The highest BCUT2D eigenvalue weighted by molar-refractivity contribution is 5.55. The highest BCUT2D eigenvalue weighted by atomic mass is 19.1. The predicted octanol–water partition coefficient (Wildman–Crippen LogP) is 1.37. The summed E-state index contributed by atoms with van der Waals surface area (Å²) in [5.74, 6) is -0.0505. The van der Waals surface area contributed by atoms with Gasteiger partial charge in [0, 0.05) is 17.8 Å². The fourth-order valence-corrected chi connectivity index (χ4v) is 1.07. The first-order valence-corrected chi connectivity index (χ1v) is 3.97. The highest BCUT2D eigenvalue weighted by Gasteiger charge is 2.06. The Kier molecular flexibility index (Phi) is 2.24. The largest absolute Gasteiger partial charge is 0.390 e. The molecule has 14 heavy (non-hydrogen) atoms. The van der Waals surface area contributed by atoms with Crippen molar-refractivity contribution in [3.8, 4) is 11.3 Å². The van der Waals surface area contributed by atoms with Crippen LogP contribution >= 0.6 is 0 Å². The van der Waals surface area contributed by atoms with E-state index in [0.29, 0.717) is 17.0 Å². The summed E-state index contributed by atoms with van der Waals surface area (Å²) >= 11 is 0. The van der Waals surface area contributed by atoms with Gasteiger partial charge in [-0.05, 0) is 6.07 Å². The maximum absolute atomic E-state index is 12.8. The second kappa shape index (κ2) is 3.55. The molecule has 0 saturated carbocycles. The van der Waals surface area contributed by atoms with Crippen LogP contribution in [0.2, 0.25) is 0 Å². The monoisotopic (exact) mass is 194 g/mol. The van der Waals surface area contributed by atoms with Crippen molar-refractivity contribution in [3.05, 3.63) is 36.0 Å². The lowest BCUT2D eigenvalue weighted by Gasteiger charge is -1.92. The molecule has 4 nitrogen and oxygen atoms in total. The Morgan fingerprint density at radius 1 is 1.36 bits per heavy atom. The summed E-state index contributed by atoms with van der Waals surface area (Å²) in [4.78, 5) is 3.67. The number of hydrogen-bond donors (Lipinski definition) is 1. The van der Waals surface area contributed by atoms with E-state index in [9.17, 15) is 4.39 Å². The van der Waals surface area contributed by atoms with Crippen molar-refractivity contribution in [1.82, 2.24) is 10.1 Å². The third-order valence-electron chi connectivity index (χ3n) is 1.71. The Morgan fingerprint density at radius 3 is 2.86 bits per heavy atom. The maximum Gasteiger partial charge on any atom is 0.168 e. The van der Waals surface area contributed by atoms with Crippen LogP contribution in [0.3, 0.4) is 0 Å². The molecule has 0 amide bonds. The van der Waals surface area contributed by atoms with Crippen LogP contribution in [-0.4, -0.2) is 15.2 Å². The van der Waals surface area contributed by atoms with Crippen LogP contribution in [0, 0.1) is 5.82 Å². The minimum atomic E-state index is -0.440. The molecule has 2 aromatic heterocycles. The van der Waals surface area contributed by atoms with Gasteiger partial charge in [-0.2, -0.15) is 0 Å². The van der Waals surface area contributed by atoms with Crippen LogP contribution in [-0.2, 0) is 6.61 Å². The van der Waals surface area contributed by atoms with Gasteiger partial charge in [-0.1, -0.05) is 5.16 Å². The number of aliphatic hydroxyl groups excluding tert-OH is 1. The topological polar surface area (TPSA) is 59.2 Å². The fourth-order valence-electron chi connectivity index (χ4n) is 1.07. The van der Waals surface area contributed by atoms with Gasteiger partial charge in [-0.25, -0.2) is 4.39 Å². The van der Waals surface area contributed by atoms with Crippen molar-refractivity contribution in [2.75, 3.05) is 0 Å². The van der Waals surface area contributed by atoms with Crippen molar-refractivity contribution < 1.29 is 14.0 Å². The van der Waals surface area contributed by atoms with E-state index < -0.39 is 5.82 Å². The number of rotatable bonds is 2. The zero-order valence-electron chi connectivity index (χ0n) is 7.14. The fraction of sp³-hybridized carbons (Fsp3) is 0.111. The SMILES string of the molecule is OCc1cc(-c2cncc(F)c2)on1. The van der Waals surface area contributed by atoms with Crippen molar-refractivity contribution in [2.24, 2.45) is 0 Å². The summed E-state index contributed by atoms with van der Waals surface area (Å²) in [6.45, 7) is -0.202. The highest BCUT2D eigenvalue weighted by Crippen LogP contribution is 2.19. The Balaban J connectivity index is 2.39. The third kappa shape index (κ3) is 1.62. The molecular weight excluding hydrogens is 187 g/mol. The minimum Gasteiger partial charge on any atom is -0.390 e. The van der Waals surface area contributed by atoms with E-state index >= 15 is 0 Å². The Bertz CT molecular complexity index is 442. The Labute approximate surface area is 79.0 Å². The molecule has 0 saturated heterocycles. The number of hydrogen-bond acceptors (Lipinski definition) is 4. The van der Waals surface area contributed by atoms with Gasteiger partial charge in [-0.15, -0.1) is 0 Å². The molecule has 1 N–H and O–H groups in total. The van der Waals surface area contributed by atoms with Gasteiger partial charge < -0.3 is 9.63 Å². The van der Waals surface area contributed by atoms with Gasteiger partial charge in [-0.3, -0.25) is 4.98 Å². The number of aliphatic hydroxyl groups is 1. The summed E-state index contributed by atoms with van der Waals surface area (Å²) in [5.41, 5.74) is 0.904. The van der Waals surface area contributed by atoms with Crippen molar-refractivity contribution in [1.29, 1.82) is 0 Å². The number of halogens is 1. The zero-order valence-corrected chi connectivity index (χ0v) is 7.14. The molecule has 0 unspecified atom stereocenters. The first kappa shape index (κ1) is 8.83. The summed E-state index contributed by atoms with van der Waals surface area (Å²) in [6, 6.07) is 2.82. The second-order valence-corrected chi connectivity index (χ2v) is 2.73. The van der Waals surface area contributed by atoms with E-state index in [1.807, 2.05) is 0 Å². The number of pyridine rings is 1. The third-order valence-corrected chi connectivity index (χ3v) is 1.71. The summed E-state index contributed by atoms with van der Waals surface area (Å²) in [6.07, 6.45) is 2.57. The molecule has 0 aromatic carbocycles. The molecule has 0 radical (unpaired) electrons. The molecule has 5 heteroatoms. The lowest BCUT2D eigenvalue weighted by atomic mass is 10.2. The smallest absolute Gasteiger partial charge is 0.168 e. The van der Waals surface area contributed by atoms with Crippen LogP contribution < -0.4 is 0 Å². The molecule has 2 aromatic rings. The quantitative estimate of drug-likeness (QED) is 0.784. The molecule has 0 atom stereocenters. The first-order chi connectivity index (χ1) is 6.79. The lowest BCUT2D eigenvalue weighted by Crippen LogP contribution is -1.81. The normalized spacial score (nSPS) is 10.4. The molecular formula is C9H7FN2O2. The van der Waals surface area contributed by atoms with E-state index in [-0.39, 0.29) is 6.61 Å². The van der Waals surface area contributed by atoms with Crippen LogP contribution in [0.25, 0.3) is 11.3 Å². The predicted molar refractivity (Wildman–Crippen MR) is 45.6 cm³/mol. The molecule has 0 aliphatic carbocycles. The van der Waals surface area contributed by atoms with Crippen molar-refractivity contribution in [2.45, 2.75) is 6.61 Å². The van der Waals surface area contributed by atoms with Gasteiger partial charge in [0.05, 0.1) is 12.8 Å². The summed E-state index contributed by atoms with van der Waals surface area (Å²) in [5, 5.41) is 12.3. The average molecular weight is 194 g/mol. The van der Waals surface area contributed by atoms with Crippen LogP contribution in [0.15, 0.2) is 29.0 Å². The molecule has 0 fully saturated rings. The first-order valence-electron chi connectivity index (χ1n) is 3.97. The maximum atomic E-state index is 12.8. The molecule has 72 valence electrons. The van der Waals surface area contributed by atoms with Gasteiger partial charge in [0.1, 0.15) is 11.5 Å².